The van der Waals surface area contributed by atoms with Crippen LogP contribution in [0, 0.1) is 0 Å². The molecular formula is C19H21Cl2NO2S. The van der Waals surface area contributed by atoms with Crippen LogP contribution in [0.4, 0.5) is 0 Å². The lowest BCUT2D eigenvalue weighted by atomic mass is 9.74. The van der Waals surface area contributed by atoms with Crippen molar-refractivity contribution in [1.29, 1.82) is 0 Å². The largest absolute Gasteiger partial charge is 0.213 e. The van der Waals surface area contributed by atoms with Gasteiger partial charge in [-0.3, -0.25) is 0 Å². The van der Waals surface area contributed by atoms with Crippen molar-refractivity contribution in [2.45, 2.75) is 38.1 Å². The highest BCUT2D eigenvalue weighted by Gasteiger charge is 2.26. The van der Waals surface area contributed by atoms with Crippen molar-refractivity contribution in [3.8, 4) is 0 Å². The van der Waals surface area contributed by atoms with Crippen LogP contribution in [0.15, 0.2) is 36.4 Å². The molecule has 0 spiro atoms. The topological polar surface area (TPSA) is 46.2 Å². The molecule has 0 radical (unpaired) electrons. The normalized spacial score (nSPS) is 20.3. The van der Waals surface area contributed by atoms with Crippen LogP contribution in [0.2, 0.25) is 10.0 Å². The van der Waals surface area contributed by atoms with E-state index < -0.39 is 10.0 Å². The van der Waals surface area contributed by atoms with Gasteiger partial charge < -0.3 is 0 Å². The molecular weight excluding hydrogens is 377 g/mol. The maximum absolute atomic E-state index is 11.3. The summed E-state index contributed by atoms with van der Waals surface area (Å²) in [5, 5.41) is 1.14. The monoisotopic (exact) mass is 397 g/mol. The van der Waals surface area contributed by atoms with Gasteiger partial charge in [-0.25, -0.2) is 13.1 Å². The van der Waals surface area contributed by atoms with Crippen LogP contribution >= 0.6 is 23.2 Å². The quantitative estimate of drug-likeness (QED) is 0.782. The summed E-state index contributed by atoms with van der Waals surface area (Å²) in [5.74, 6) is 0.741. The average molecular weight is 398 g/mol. The molecule has 25 heavy (non-hydrogen) atoms. The average Bonchev–Trinajstić information content (AvgIpc) is 2.55. The molecule has 2 aromatic carbocycles. The fourth-order valence-electron chi connectivity index (χ4n) is 3.50. The molecule has 0 aromatic heterocycles. The molecule has 3 rings (SSSR count). The smallest absolute Gasteiger partial charge is 0.209 e. The first kappa shape index (κ1) is 18.7. The molecule has 1 aliphatic carbocycles. The van der Waals surface area contributed by atoms with Gasteiger partial charge in [-0.1, -0.05) is 54.4 Å². The first-order valence-corrected chi connectivity index (χ1v) is 10.9. The minimum absolute atomic E-state index is 0.290. The number of nitrogens with one attached hydrogen (secondary N) is 1. The predicted molar refractivity (Wildman–Crippen MR) is 104 cm³/mol. The minimum atomic E-state index is -3.20. The summed E-state index contributed by atoms with van der Waals surface area (Å²) < 4.78 is 25.2. The van der Waals surface area contributed by atoms with Gasteiger partial charge in [0.2, 0.25) is 10.0 Å². The molecule has 0 saturated heterocycles. The number of sulfonamides is 1. The molecule has 0 unspecified atom stereocenters. The van der Waals surface area contributed by atoms with Gasteiger partial charge in [0.15, 0.2) is 0 Å². The van der Waals surface area contributed by atoms with E-state index in [0.717, 1.165) is 18.4 Å². The number of halogens is 2. The second kappa shape index (κ2) is 7.28. The van der Waals surface area contributed by atoms with Crippen molar-refractivity contribution in [3.05, 3.63) is 68.7 Å². The number of hydrogen-bond acceptors (Lipinski definition) is 2. The van der Waals surface area contributed by atoms with E-state index >= 15 is 0 Å². The van der Waals surface area contributed by atoms with Crippen LogP contribution < -0.4 is 4.72 Å². The van der Waals surface area contributed by atoms with Crippen molar-refractivity contribution in [2.24, 2.45) is 0 Å². The highest BCUT2D eigenvalue weighted by Crippen LogP contribution is 2.43. The van der Waals surface area contributed by atoms with Gasteiger partial charge in [0, 0.05) is 12.5 Å². The van der Waals surface area contributed by atoms with Crippen LogP contribution in [0.1, 0.15) is 53.9 Å². The second-order valence-corrected chi connectivity index (χ2v) is 9.41. The third-order valence-electron chi connectivity index (χ3n) is 4.83. The summed E-state index contributed by atoms with van der Waals surface area (Å²) in [6.07, 6.45) is 3.32. The summed E-state index contributed by atoms with van der Waals surface area (Å²) in [4.78, 5) is 0. The Hall–Kier alpha value is -1.07. The molecule has 2 atom stereocenters. The highest BCUT2D eigenvalue weighted by molar-refractivity contribution is 7.88. The Kier molecular flexibility index (Phi) is 5.45. The number of hydrogen-bond donors (Lipinski definition) is 1. The summed E-state index contributed by atoms with van der Waals surface area (Å²) in [7, 11) is -3.20. The van der Waals surface area contributed by atoms with E-state index in [0.29, 0.717) is 22.5 Å². The van der Waals surface area contributed by atoms with E-state index in [-0.39, 0.29) is 5.92 Å². The Bertz CT molecular complexity index is 896. The van der Waals surface area contributed by atoms with E-state index in [1.807, 2.05) is 24.3 Å². The molecule has 0 amide bonds. The number of benzene rings is 2. The number of rotatable bonds is 4. The highest BCUT2D eigenvalue weighted by atomic mass is 35.5. The standard InChI is InChI=1S/C19H21Cl2NO2S/c1-12-3-6-15(14-5-8-18(20)19(21)10-14)16-7-4-13(9-17(12)16)11-22-25(2,23)24/h4-5,7-10,12,15,22H,3,6,11H2,1-2H3/t12-,15-/m0/s1. The predicted octanol–water partition coefficient (Wildman–Crippen LogP) is 5.07. The van der Waals surface area contributed by atoms with Crippen LogP contribution in [0.3, 0.4) is 0 Å². The fourth-order valence-corrected chi connectivity index (χ4v) is 4.23. The molecule has 1 aliphatic rings. The summed E-state index contributed by atoms with van der Waals surface area (Å²) in [6.45, 7) is 2.54. The summed E-state index contributed by atoms with van der Waals surface area (Å²) in [6, 6.07) is 12.1. The molecule has 134 valence electrons. The lowest BCUT2D eigenvalue weighted by Gasteiger charge is -2.31. The van der Waals surface area contributed by atoms with E-state index in [2.05, 4.69) is 23.8 Å². The minimum Gasteiger partial charge on any atom is -0.213 e. The second-order valence-electron chi connectivity index (χ2n) is 6.76. The van der Waals surface area contributed by atoms with Gasteiger partial charge in [-0.05, 0) is 53.1 Å². The van der Waals surface area contributed by atoms with Crippen LogP contribution in [0.25, 0.3) is 0 Å². The molecule has 0 fully saturated rings. The summed E-state index contributed by atoms with van der Waals surface area (Å²) in [5.41, 5.74) is 4.73. The van der Waals surface area contributed by atoms with Gasteiger partial charge in [-0.2, -0.15) is 0 Å². The Balaban J connectivity index is 1.94. The molecule has 6 heteroatoms. The van der Waals surface area contributed by atoms with Gasteiger partial charge in [-0.15, -0.1) is 0 Å². The van der Waals surface area contributed by atoms with Gasteiger partial charge in [0.1, 0.15) is 0 Å². The van der Waals surface area contributed by atoms with Crippen molar-refractivity contribution in [3.63, 3.8) is 0 Å². The Morgan fingerprint density at radius 3 is 2.48 bits per heavy atom. The molecule has 0 aliphatic heterocycles. The zero-order valence-electron chi connectivity index (χ0n) is 14.2. The Labute approximate surface area is 159 Å². The van der Waals surface area contributed by atoms with Crippen molar-refractivity contribution in [1.82, 2.24) is 4.72 Å². The maximum Gasteiger partial charge on any atom is 0.209 e. The van der Waals surface area contributed by atoms with E-state index in [1.165, 1.54) is 22.9 Å². The lowest BCUT2D eigenvalue weighted by molar-refractivity contribution is 0.544. The van der Waals surface area contributed by atoms with Crippen LogP contribution in [0.5, 0.6) is 0 Å². The molecule has 0 heterocycles. The van der Waals surface area contributed by atoms with E-state index in [1.54, 1.807) is 0 Å². The Morgan fingerprint density at radius 2 is 1.80 bits per heavy atom. The number of fused-ring (bicyclic) bond motifs is 1. The van der Waals surface area contributed by atoms with Gasteiger partial charge in [0.05, 0.1) is 16.3 Å². The fraction of sp³-hybridized carbons (Fsp3) is 0.368. The molecule has 0 saturated carbocycles. The van der Waals surface area contributed by atoms with Gasteiger partial charge in [0.25, 0.3) is 0 Å². The van der Waals surface area contributed by atoms with Crippen molar-refractivity contribution >= 4 is 33.2 Å². The maximum atomic E-state index is 11.3. The lowest BCUT2D eigenvalue weighted by Crippen LogP contribution is -2.22. The molecule has 3 nitrogen and oxygen atoms in total. The zero-order chi connectivity index (χ0) is 18.2. The SMILES string of the molecule is C[C@H]1CC[C@@H](c2ccc(Cl)c(Cl)c2)c2ccc(CNS(C)(=O)=O)cc21. The molecule has 1 N–H and O–H groups in total. The van der Waals surface area contributed by atoms with Crippen molar-refractivity contribution < 1.29 is 8.42 Å². The first-order valence-electron chi connectivity index (χ1n) is 8.27. The Morgan fingerprint density at radius 1 is 1.04 bits per heavy atom. The third-order valence-corrected chi connectivity index (χ3v) is 6.24. The molecule has 2 aromatic rings. The van der Waals surface area contributed by atoms with Crippen molar-refractivity contribution in [2.75, 3.05) is 6.26 Å². The third kappa shape index (κ3) is 4.37. The van der Waals surface area contributed by atoms with E-state index in [9.17, 15) is 8.42 Å². The van der Waals surface area contributed by atoms with Crippen LogP contribution in [-0.4, -0.2) is 14.7 Å². The molecule has 0 bridgehead atoms. The van der Waals surface area contributed by atoms with Gasteiger partial charge >= 0.3 is 0 Å². The zero-order valence-corrected chi connectivity index (χ0v) is 16.5. The first-order chi connectivity index (χ1) is 11.7. The van der Waals surface area contributed by atoms with Crippen LogP contribution in [-0.2, 0) is 16.6 Å². The summed E-state index contributed by atoms with van der Waals surface area (Å²) >= 11 is 12.2. The van der Waals surface area contributed by atoms with E-state index in [4.69, 9.17) is 23.2 Å².